The van der Waals surface area contributed by atoms with Gasteiger partial charge in [-0.05, 0) is 18.6 Å². The van der Waals surface area contributed by atoms with Crippen LogP contribution in [-0.2, 0) is 18.5 Å². The van der Waals surface area contributed by atoms with Gasteiger partial charge in [0.05, 0.1) is 29.7 Å². The molecular formula is C15H17NO4S2. The third kappa shape index (κ3) is 5.31. The van der Waals surface area contributed by atoms with Gasteiger partial charge in [-0.15, -0.1) is 11.3 Å². The van der Waals surface area contributed by atoms with Crippen molar-refractivity contribution in [1.82, 2.24) is 4.98 Å². The molecule has 0 spiro atoms. The van der Waals surface area contributed by atoms with E-state index in [0.29, 0.717) is 10.9 Å². The third-order valence-corrected chi connectivity index (χ3v) is 4.56. The summed E-state index contributed by atoms with van der Waals surface area (Å²) >= 11 is 2.39. The molecule has 0 atom stereocenters. The fraction of sp³-hybridized carbons (Fsp3) is 0.400. The monoisotopic (exact) mass is 339 g/mol. The minimum Gasteiger partial charge on any atom is -0.466 e. The largest absolute Gasteiger partial charge is 0.466 e. The minimum atomic E-state index is -0.448. The molecule has 0 bridgehead atoms. The van der Waals surface area contributed by atoms with Crippen molar-refractivity contribution < 1.29 is 18.5 Å². The van der Waals surface area contributed by atoms with Crippen LogP contribution in [0, 0.1) is 0 Å². The predicted molar refractivity (Wildman–Crippen MR) is 86.7 cm³/mol. The van der Waals surface area contributed by atoms with Gasteiger partial charge >= 0.3 is 11.9 Å². The van der Waals surface area contributed by atoms with Crippen molar-refractivity contribution in [3.63, 3.8) is 0 Å². The maximum absolute atomic E-state index is 11.6. The van der Waals surface area contributed by atoms with E-state index in [0.717, 1.165) is 35.1 Å². The molecule has 0 unspecified atom stereocenters. The van der Waals surface area contributed by atoms with Gasteiger partial charge in [-0.3, -0.25) is 9.59 Å². The lowest BCUT2D eigenvalue weighted by Gasteiger charge is -2.03. The summed E-state index contributed by atoms with van der Waals surface area (Å²) in [5.41, 5.74) is 0.880. The summed E-state index contributed by atoms with van der Waals surface area (Å²) in [5.74, 6) is -0.813. The van der Waals surface area contributed by atoms with Crippen molar-refractivity contribution in [2.45, 2.75) is 36.9 Å². The van der Waals surface area contributed by atoms with Gasteiger partial charge < -0.3 is 8.92 Å². The Bertz CT molecular complexity index is 608. The molecule has 2 aromatic rings. The summed E-state index contributed by atoms with van der Waals surface area (Å²) in [4.78, 5) is 27.3. The quantitative estimate of drug-likeness (QED) is 0.412. The predicted octanol–water partition coefficient (Wildman–Crippen LogP) is 3.97. The highest BCUT2D eigenvalue weighted by atomic mass is 32.2. The summed E-state index contributed by atoms with van der Waals surface area (Å²) in [6.45, 7) is 2.43. The normalized spacial score (nSPS) is 10.6. The molecule has 5 nitrogen and oxygen atoms in total. The molecule has 0 saturated carbocycles. The first-order valence-electron chi connectivity index (χ1n) is 7.07. The van der Waals surface area contributed by atoms with Crippen LogP contribution in [0.4, 0.5) is 0 Å². The Morgan fingerprint density at radius 3 is 2.77 bits per heavy atom. The molecule has 0 aliphatic carbocycles. The summed E-state index contributed by atoms with van der Waals surface area (Å²) in [5, 5.41) is 0. The first kappa shape index (κ1) is 16.8. The molecule has 1 aromatic heterocycles. The van der Waals surface area contributed by atoms with Gasteiger partial charge in [0.1, 0.15) is 12.0 Å². The maximum Gasteiger partial charge on any atom is 0.318 e. The van der Waals surface area contributed by atoms with Gasteiger partial charge in [-0.25, -0.2) is 4.98 Å². The zero-order valence-electron chi connectivity index (χ0n) is 12.2. The van der Waals surface area contributed by atoms with E-state index in [4.69, 9.17) is 8.92 Å². The van der Waals surface area contributed by atoms with Gasteiger partial charge in [0.2, 0.25) is 0 Å². The number of hydrogen-bond acceptors (Lipinski definition) is 7. The van der Waals surface area contributed by atoms with Crippen molar-refractivity contribution in [3.05, 3.63) is 24.3 Å². The van der Waals surface area contributed by atoms with Crippen LogP contribution in [0.3, 0.4) is 0 Å². The van der Waals surface area contributed by atoms with Gasteiger partial charge in [-0.2, -0.15) is 0 Å². The lowest BCUT2D eigenvalue weighted by atomic mass is 10.3. The fourth-order valence-electron chi connectivity index (χ4n) is 1.62. The summed E-state index contributed by atoms with van der Waals surface area (Å²) < 4.78 is 11.7. The smallest absolute Gasteiger partial charge is 0.318 e. The number of esters is 1. The standard InChI is InChI=1S/C15H17NO4S2/c1-2-3-10-19-13(17)8-9-14(18)20-22-15-16-11-6-4-5-7-12(11)21-15/h4-7H,2-3,8-10H2,1H3. The topological polar surface area (TPSA) is 65.5 Å². The molecule has 118 valence electrons. The number of carbonyl (C=O) groups excluding carboxylic acids is 2. The Hall–Kier alpha value is -1.60. The highest BCUT2D eigenvalue weighted by Gasteiger charge is 2.12. The van der Waals surface area contributed by atoms with E-state index >= 15 is 0 Å². The molecule has 22 heavy (non-hydrogen) atoms. The Balaban J connectivity index is 1.70. The number of carbonyl (C=O) groups is 2. The van der Waals surface area contributed by atoms with Crippen molar-refractivity contribution in [2.75, 3.05) is 6.61 Å². The fourth-order valence-corrected chi connectivity index (χ4v) is 3.20. The zero-order chi connectivity index (χ0) is 15.8. The number of thiazole rings is 1. The van der Waals surface area contributed by atoms with Crippen LogP contribution < -0.4 is 0 Å². The van der Waals surface area contributed by atoms with Gasteiger partial charge in [0.25, 0.3) is 0 Å². The third-order valence-electron chi connectivity index (χ3n) is 2.77. The summed E-state index contributed by atoms with van der Waals surface area (Å²) in [6, 6.07) is 7.72. The van der Waals surface area contributed by atoms with Crippen molar-refractivity contribution in [1.29, 1.82) is 0 Å². The zero-order valence-corrected chi connectivity index (χ0v) is 13.9. The van der Waals surface area contributed by atoms with E-state index in [9.17, 15) is 9.59 Å². The highest BCUT2D eigenvalue weighted by Crippen LogP contribution is 2.30. The number of fused-ring (bicyclic) bond motifs is 1. The number of rotatable bonds is 8. The number of aromatic nitrogens is 1. The molecule has 0 fully saturated rings. The van der Waals surface area contributed by atoms with Crippen molar-refractivity contribution >= 4 is 45.5 Å². The second-order valence-electron chi connectivity index (χ2n) is 4.56. The van der Waals surface area contributed by atoms with Gasteiger partial charge in [-0.1, -0.05) is 25.5 Å². The van der Waals surface area contributed by atoms with E-state index in [1.54, 1.807) is 0 Å². The van der Waals surface area contributed by atoms with Crippen LogP contribution in [0.5, 0.6) is 0 Å². The average Bonchev–Trinajstić information content (AvgIpc) is 2.94. The molecule has 0 saturated heterocycles. The lowest BCUT2D eigenvalue weighted by molar-refractivity contribution is -0.146. The average molecular weight is 339 g/mol. The number of unbranched alkanes of at least 4 members (excludes halogenated alkanes) is 1. The molecule has 0 radical (unpaired) electrons. The van der Waals surface area contributed by atoms with Crippen molar-refractivity contribution in [2.24, 2.45) is 0 Å². The van der Waals surface area contributed by atoms with Crippen LogP contribution in [0.25, 0.3) is 10.2 Å². The number of ether oxygens (including phenoxy) is 1. The molecule has 0 N–H and O–H groups in total. The molecule has 1 aromatic carbocycles. The Kier molecular flexibility index (Phi) is 6.67. The van der Waals surface area contributed by atoms with E-state index in [2.05, 4.69) is 4.98 Å². The van der Waals surface area contributed by atoms with Gasteiger partial charge in [0.15, 0.2) is 4.34 Å². The molecule has 2 rings (SSSR count). The van der Waals surface area contributed by atoms with Crippen LogP contribution in [0.1, 0.15) is 32.6 Å². The second kappa shape index (κ2) is 8.75. The van der Waals surface area contributed by atoms with Crippen LogP contribution >= 0.6 is 23.4 Å². The SMILES string of the molecule is CCCCOC(=O)CCC(=O)OSc1nc2ccccc2s1. The first-order chi connectivity index (χ1) is 10.7. The molecule has 7 heteroatoms. The van der Waals surface area contributed by atoms with E-state index in [-0.39, 0.29) is 18.8 Å². The highest BCUT2D eigenvalue weighted by molar-refractivity contribution is 7.97. The first-order valence-corrected chi connectivity index (χ1v) is 8.63. The Morgan fingerprint density at radius 1 is 1.23 bits per heavy atom. The summed E-state index contributed by atoms with van der Waals surface area (Å²) in [7, 11) is 0. The molecular weight excluding hydrogens is 322 g/mol. The number of para-hydroxylation sites is 1. The molecule has 0 aliphatic rings. The lowest BCUT2D eigenvalue weighted by Crippen LogP contribution is -2.09. The van der Waals surface area contributed by atoms with Crippen LogP contribution in [0.2, 0.25) is 0 Å². The van der Waals surface area contributed by atoms with Crippen LogP contribution in [0.15, 0.2) is 28.6 Å². The number of hydrogen-bond donors (Lipinski definition) is 0. The summed E-state index contributed by atoms with van der Waals surface area (Å²) in [6.07, 6.45) is 1.86. The van der Waals surface area contributed by atoms with Crippen LogP contribution in [-0.4, -0.2) is 23.5 Å². The van der Waals surface area contributed by atoms with Gasteiger partial charge in [0, 0.05) is 0 Å². The van der Waals surface area contributed by atoms with E-state index in [1.165, 1.54) is 11.3 Å². The molecule has 1 heterocycles. The second-order valence-corrected chi connectivity index (χ2v) is 6.57. The van der Waals surface area contributed by atoms with E-state index in [1.807, 2.05) is 31.2 Å². The molecule has 0 aliphatic heterocycles. The maximum atomic E-state index is 11.6. The number of nitrogens with zero attached hydrogens (tertiary/aromatic N) is 1. The number of benzene rings is 1. The molecule has 0 amide bonds. The Labute approximate surface area is 137 Å². The Morgan fingerprint density at radius 2 is 2.00 bits per heavy atom. The van der Waals surface area contributed by atoms with E-state index < -0.39 is 5.97 Å². The minimum absolute atomic E-state index is 0.0167. The van der Waals surface area contributed by atoms with Crippen molar-refractivity contribution in [3.8, 4) is 0 Å².